The standard InChI is InChI=1S/C26H22N2O3/c1-16-12-13-17(2)22(14-16)24(29)15-23(26(30)31-3)27-28-25-20-10-6-4-8-18(20)19-9-5-7-11-21(19)25/h4-15,27H,1-3H3/b23-15-. The third kappa shape index (κ3) is 3.90. The highest BCUT2D eigenvalue weighted by Gasteiger charge is 2.24. The molecule has 1 aliphatic rings. The highest BCUT2D eigenvalue weighted by Crippen LogP contribution is 2.36. The fourth-order valence-electron chi connectivity index (χ4n) is 3.69. The van der Waals surface area contributed by atoms with Gasteiger partial charge in [0.1, 0.15) is 5.70 Å². The number of hydrazone groups is 1. The van der Waals surface area contributed by atoms with Crippen LogP contribution in [0.2, 0.25) is 0 Å². The molecule has 0 atom stereocenters. The summed E-state index contributed by atoms with van der Waals surface area (Å²) < 4.78 is 4.87. The highest BCUT2D eigenvalue weighted by atomic mass is 16.5. The summed E-state index contributed by atoms with van der Waals surface area (Å²) in [6.45, 7) is 3.78. The zero-order chi connectivity index (χ0) is 22.0. The second-order valence-corrected chi connectivity index (χ2v) is 7.40. The molecule has 0 heterocycles. The van der Waals surface area contributed by atoms with Gasteiger partial charge < -0.3 is 4.74 Å². The lowest BCUT2D eigenvalue weighted by atomic mass is 10.0. The SMILES string of the molecule is COC(=O)/C(=C/C(=O)c1cc(C)ccc1C)NN=C1c2ccccc2-c2ccccc21. The van der Waals surface area contributed by atoms with Crippen LogP contribution in [-0.2, 0) is 9.53 Å². The number of benzene rings is 3. The van der Waals surface area contributed by atoms with Gasteiger partial charge in [-0.3, -0.25) is 10.2 Å². The van der Waals surface area contributed by atoms with Gasteiger partial charge in [0.15, 0.2) is 5.78 Å². The predicted molar refractivity (Wildman–Crippen MR) is 121 cm³/mol. The Labute approximate surface area is 181 Å². The van der Waals surface area contributed by atoms with Crippen molar-refractivity contribution >= 4 is 17.5 Å². The molecule has 0 aliphatic heterocycles. The van der Waals surface area contributed by atoms with Crippen molar-refractivity contribution in [1.29, 1.82) is 0 Å². The Kier molecular flexibility index (Phi) is 5.50. The molecule has 3 aromatic carbocycles. The van der Waals surface area contributed by atoms with Gasteiger partial charge in [-0.2, -0.15) is 5.10 Å². The number of nitrogens with one attached hydrogen (secondary N) is 1. The van der Waals surface area contributed by atoms with Crippen LogP contribution in [0.3, 0.4) is 0 Å². The Morgan fingerprint density at radius 2 is 1.45 bits per heavy atom. The van der Waals surface area contributed by atoms with E-state index in [2.05, 4.69) is 10.5 Å². The first-order chi connectivity index (χ1) is 15.0. The lowest BCUT2D eigenvalue weighted by Crippen LogP contribution is -2.20. The molecule has 0 saturated heterocycles. The number of rotatable bonds is 5. The first-order valence-electron chi connectivity index (χ1n) is 9.94. The first kappa shape index (κ1) is 20.3. The monoisotopic (exact) mass is 410 g/mol. The number of fused-ring (bicyclic) bond motifs is 3. The largest absolute Gasteiger partial charge is 0.464 e. The van der Waals surface area contributed by atoms with E-state index in [1.54, 1.807) is 6.07 Å². The molecule has 0 spiro atoms. The summed E-state index contributed by atoms with van der Waals surface area (Å²) in [5.74, 6) is -0.955. The van der Waals surface area contributed by atoms with Crippen LogP contribution >= 0.6 is 0 Å². The van der Waals surface area contributed by atoms with E-state index in [9.17, 15) is 9.59 Å². The Morgan fingerprint density at radius 3 is 2.03 bits per heavy atom. The normalized spacial score (nSPS) is 12.1. The van der Waals surface area contributed by atoms with Crippen molar-refractivity contribution in [2.24, 2.45) is 5.10 Å². The van der Waals surface area contributed by atoms with Crippen molar-refractivity contribution in [1.82, 2.24) is 5.43 Å². The molecule has 0 saturated carbocycles. The topological polar surface area (TPSA) is 67.8 Å². The first-order valence-corrected chi connectivity index (χ1v) is 9.94. The van der Waals surface area contributed by atoms with Gasteiger partial charge in [-0.25, -0.2) is 4.79 Å². The number of ketones is 1. The van der Waals surface area contributed by atoms with Gasteiger partial charge in [0.05, 0.1) is 12.8 Å². The summed E-state index contributed by atoms with van der Waals surface area (Å²) in [5.41, 5.74) is 9.88. The van der Waals surface area contributed by atoms with Gasteiger partial charge >= 0.3 is 5.97 Å². The Hall–Kier alpha value is -3.99. The number of ether oxygens (including phenoxy) is 1. The zero-order valence-corrected chi connectivity index (χ0v) is 17.6. The second-order valence-electron chi connectivity index (χ2n) is 7.40. The van der Waals surface area contributed by atoms with Crippen LogP contribution in [0.15, 0.2) is 83.6 Å². The molecule has 1 aliphatic carbocycles. The van der Waals surface area contributed by atoms with Gasteiger partial charge in [-0.15, -0.1) is 0 Å². The van der Waals surface area contributed by atoms with Crippen molar-refractivity contribution in [3.05, 3.63) is 106 Å². The molecule has 0 amide bonds. The van der Waals surface area contributed by atoms with Gasteiger partial charge in [-0.05, 0) is 36.6 Å². The molecule has 0 aromatic heterocycles. The molecule has 5 heteroatoms. The van der Waals surface area contributed by atoms with Crippen LogP contribution in [0, 0.1) is 13.8 Å². The van der Waals surface area contributed by atoms with E-state index in [0.29, 0.717) is 11.3 Å². The zero-order valence-electron chi connectivity index (χ0n) is 17.6. The van der Waals surface area contributed by atoms with Crippen molar-refractivity contribution in [3.63, 3.8) is 0 Å². The van der Waals surface area contributed by atoms with Crippen molar-refractivity contribution in [2.75, 3.05) is 7.11 Å². The number of carbonyl (C=O) groups is 2. The molecule has 5 nitrogen and oxygen atoms in total. The van der Waals surface area contributed by atoms with Crippen molar-refractivity contribution in [3.8, 4) is 11.1 Å². The van der Waals surface area contributed by atoms with E-state index in [-0.39, 0.29) is 11.5 Å². The van der Waals surface area contributed by atoms with Gasteiger partial charge in [0.2, 0.25) is 0 Å². The number of allylic oxidation sites excluding steroid dienone is 1. The van der Waals surface area contributed by atoms with E-state index >= 15 is 0 Å². The molecular weight excluding hydrogens is 388 g/mol. The second kappa shape index (κ2) is 8.40. The van der Waals surface area contributed by atoms with Crippen LogP contribution in [0.4, 0.5) is 0 Å². The molecule has 1 N–H and O–H groups in total. The maximum Gasteiger partial charge on any atom is 0.356 e. The molecular formula is C26H22N2O3. The third-order valence-electron chi connectivity index (χ3n) is 5.28. The van der Waals surface area contributed by atoms with E-state index in [0.717, 1.165) is 33.4 Å². The molecule has 4 rings (SSSR count). The molecule has 0 bridgehead atoms. The number of nitrogens with zero attached hydrogens (tertiary/aromatic N) is 1. The number of hydrogen-bond acceptors (Lipinski definition) is 5. The van der Waals surface area contributed by atoms with Crippen molar-refractivity contribution < 1.29 is 14.3 Å². The molecule has 0 radical (unpaired) electrons. The molecule has 154 valence electrons. The van der Waals surface area contributed by atoms with E-state index in [1.807, 2.05) is 74.5 Å². The van der Waals surface area contributed by atoms with Gasteiger partial charge in [0.25, 0.3) is 0 Å². The maximum atomic E-state index is 12.9. The number of aryl methyl sites for hydroxylation is 2. The fraction of sp³-hybridized carbons (Fsp3) is 0.115. The lowest BCUT2D eigenvalue weighted by molar-refractivity contribution is -0.136. The quantitative estimate of drug-likeness (QED) is 0.227. The van der Waals surface area contributed by atoms with Gasteiger partial charge in [-0.1, -0.05) is 66.2 Å². The van der Waals surface area contributed by atoms with Crippen molar-refractivity contribution in [2.45, 2.75) is 13.8 Å². The minimum Gasteiger partial charge on any atom is -0.464 e. The summed E-state index contributed by atoms with van der Waals surface area (Å²) >= 11 is 0. The number of hydrogen-bond donors (Lipinski definition) is 1. The third-order valence-corrected chi connectivity index (χ3v) is 5.28. The Bertz CT molecular complexity index is 1210. The number of carbonyl (C=O) groups excluding carboxylic acids is 2. The predicted octanol–water partition coefficient (Wildman–Crippen LogP) is 4.57. The number of methoxy groups -OCH3 is 1. The molecule has 31 heavy (non-hydrogen) atoms. The summed E-state index contributed by atoms with van der Waals surface area (Å²) in [7, 11) is 1.27. The molecule has 0 fully saturated rings. The minimum absolute atomic E-state index is 0.0252. The summed E-state index contributed by atoms with van der Waals surface area (Å²) in [6, 6.07) is 21.5. The minimum atomic E-state index is -0.664. The molecule has 3 aromatic rings. The van der Waals surface area contributed by atoms with Gasteiger partial charge in [0, 0.05) is 22.8 Å². The molecule has 0 unspecified atom stereocenters. The van der Waals surface area contributed by atoms with E-state index in [4.69, 9.17) is 4.74 Å². The number of esters is 1. The summed E-state index contributed by atoms with van der Waals surface area (Å²) in [4.78, 5) is 25.2. The summed E-state index contributed by atoms with van der Waals surface area (Å²) in [5, 5.41) is 4.51. The Morgan fingerprint density at radius 1 is 0.871 bits per heavy atom. The van der Waals surface area contributed by atoms with Crippen LogP contribution in [-0.4, -0.2) is 24.6 Å². The lowest BCUT2D eigenvalue weighted by Gasteiger charge is -2.08. The van der Waals surface area contributed by atoms with E-state index in [1.165, 1.54) is 13.2 Å². The van der Waals surface area contributed by atoms with Crippen LogP contribution < -0.4 is 5.43 Å². The van der Waals surface area contributed by atoms with E-state index < -0.39 is 5.97 Å². The fourth-order valence-corrected chi connectivity index (χ4v) is 3.69. The highest BCUT2D eigenvalue weighted by molar-refractivity contribution is 6.24. The van der Waals surface area contributed by atoms with Crippen LogP contribution in [0.5, 0.6) is 0 Å². The van der Waals surface area contributed by atoms with Crippen LogP contribution in [0.25, 0.3) is 11.1 Å². The average molecular weight is 410 g/mol. The maximum absolute atomic E-state index is 12.9. The smallest absolute Gasteiger partial charge is 0.356 e. The summed E-state index contributed by atoms with van der Waals surface area (Å²) in [6.07, 6.45) is 1.24. The Balaban J connectivity index is 1.72. The van der Waals surface area contributed by atoms with Crippen LogP contribution in [0.1, 0.15) is 32.6 Å². The average Bonchev–Trinajstić information content (AvgIpc) is 3.11.